The van der Waals surface area contributed by atoms with Gasteiger partial charge in [0.1, 0.15) is 0 Å². The second kappa shape index (κ2) is 5.64. The zero-order valence-corrected chi connectivity index (χ0v) is 9.19. The van der Waals surface area contributed by atoms with E-state index in [2.05, 4.69) is 17.5 Å². The predicted molar refractivity (Wildman–Crippen MR) is 59.6 cm³/mol. The van der Waals surface area contributed by atoms with Crippen molar-refractivity contribution in [1.82, 2.24) is 5.32 Å². The fourth-order valence-corrected chi connectivity index (χ4v) is 2.73. The number of aliphatic hydroxyl groups is 1. The van der Waals surface area contributed by atoms with Crippen molar-refractivity contribution in [2.45, 2.75) is 12.8 Å². The van der Waals surface area contributed by atoms with Crippen LogP contribution in [0.1, 0.15) is 12.8 Å². The summed E-state index contributed by atoms with van der Waals surface area (Å²) in [6.45, 7) is 3.30. The van der Waals surface area contributed by atoms with Crippen molar-refractivity contribution in [3.05, 3.63) is 12.2 Å². The average Bonchev–Trinajstić information content (AvgIpc) is 2.85. The molecule has 3 atom stereocenters. The van der Waals surface area contributed by atoms with Gasteiger partial charge in [-0.05, 0) is 37.1 Å². The van der Waals surface area contributed by atoms with E-state index in [-0.39, 0.29) is 6.61 Å². The first kappa shape index (κ1) is 11.1. The van der Waals surface area contributed by atoms with Crippen LogP contribution in [0.25, 0.3) is 0 Å². The SMILES string of the molecule is OCCOCCNC[C@@H]1C[C@H]2C=C[C@H]1C2. The number of aliphatic hydroxyl groups excluding tert-OH is 1. The Bertz CT molecular complexity index is 218. The molecule has 0 aromatic rings. The van der Waals surface area contributed by atoms with Gasteiger partial charge in [-0.3, -0.25) is 0 Å². The Labute approximate surface area is 91.5 Å². The highest BCUT2D eigenvalue weighted by molar-refractivity contribution is 5.10. The Kier molecular flexibility index (Phi) is 4.18. The molecule has 2 N–H and O–H groups in total. The summed E-state index contributed by atoms with van der Waals surface area (Å²) >= 11 is 0. The maximum atomic E-state index is 8.51. The van der Waals surface area contributed by atoms with Crippen molar-refractivity contribution in [3.63, 3.8) is 0 Å². The molecule has 0 aromatic heterocycles. The lowest BCUT2D eigenvalue weighted by molar-refractivity contribution is 0.0933. The molecule has 0 aromatic carbocycles. The van der Waals surface area contributed by atoms with E-state index in [1.807, 2.05) is 0 Å². The van der Waals surface area contributed by atoms with Crippen LogP contribution in [0.15, 0.2) is 12.2 Å². The minimum absolute atomic E-state index is 0.122. The molecular weight excluding hydrogens is 190 g/mol. The van der Waals surface area contributed by atoms with E-state index in [0.717, 1.165) is 30.8 Å². The van der Waals surface area contributed by atoms with Gasteiger partial charge in [0.25, 0.3) is 0 Å². The Morgan fingerprint density at radius 3 is 2.87 bits per heavy atom. The summed E-state index contributed by atoms with van der Waals surface area (Å²) in [7, 11) is 0. The van der Waals surface area contributed by atoms with Crippen LogP contribution in [0.4, 0.5) is 0 Å². The van der Waals surface area contributed by atoms with E-state index < -0.39 is 0 Å². The smallest absolute Gasteiger partial charge is 0.0698 e. The maximum absolute atomic E-state index is 8.51. The molecule has 2 aliphatic rings. The fraction of sp³-hybridized carbons (Fsp3) is 0.833. The molecule has 0 amide bonds. The summed E-state index contributed by atoms with van der Waals surface area (Å²) in [6.07, 6.45) is 7.52. The highest BCUT2D eigenvalue weighted by Gasteiger charge is 2.34. The summed E-state index contributed by atoms with van der Waals surface area (Å²) in [5, 5.41) is 11.9. The standard InChI is InChI=1S/C12H21NO2/c14-4-6-15-5-3-13-9-12-8-10-1-2-11(12)7-10/h1-2,10-14H,3-9H2/t10-,11-,12-/m0/s1. The summed E-state index contributed by atoms with van der Waals surface area (Å²) in [4.78, 5) is 0. The quantitative estimate of drug-likeness (QED) is 0.483. The van der Waals surface area contributed by atoms with Crippen LogP contribution in [0, 0.1) is 17.8 Å². The number of allylic oxidation sites excluding steroid dienone is 2. The topological polar surface area (TPSA) is 41.5 Å². The summed E-state index contributed by atoms with van der Waals surface area (Å²) in [6, 6.07) is 0. The maximum Gasteiger partial charge on any atom is 0.0698 e. The van der Waals surface area contributed by atoms with E-state index in [0.29, 0.717) is 13.2 Å². The Balaban J connectivity index is 1.50. The molecule has 3 nitrogen and oxygen atoms in total. The molecule has 0 saturated heterocycles. The van der Waals surface area contributed by atoms with Crippen LogP contribution in [0.3, 0.4) is 0 Å². The van der Waals surface area contributed by atoms with Crippen molar-refractivity contribution < 1.29 is 9.84 Å². The second-order valence-electron chi connectivity index (χ2n) is 4.58. The average molecular weight is 211 g/mol. The van der Waals surface area contributed by atoms with Gasteiger partial charge in [-0.25, -0.2) is 0 Å². The second-order valence-corrected chi connectivity index (χ2v) is 4.58. The van der Waals surface area contributed by atoms with Gasteiger partial charge in [0, 0.05) is 6.54 Å². The molecule has 2 bridgehead atoms. The Morgan fingerprint density at radius 2 is 2.20 bits per heavy atom. The van der Waals surface area contributed by atoms with E-state index in [1.54, 1.807) is 0 Å². The van der Waals surface area contributed by atoms with Gasteiger partial charge in [0.2, 0.25) is 0 Å². The summed E-state index contributed by atoms with van der Waals surface area (Å²) in [5.41, 5.74) is 0. The zero-order chi connectivity index (χ0) is 10.5. The highest BCUT2D eigenvalue weighted by atomic mass is 16.5. The number of fused-ring (bicyclic) bond motifs is 2. The van der Waals surface area contributed by atoms with Crippen LogP contribution in [0.5, 0.6) is 0 Å². The van der Waals surface area contributed by atoms with Crippen LogP contribution in [-0.2, 0) is 4.74 Å². The van der Waals surface area contributed by atoms with Gasteiger partial charge < -0.3 is 15.2 Å². The van der Waals surface area contributed by atoms with Crippen molar-refractivity contribution in [1.29, 1.82) is 0 Å². The van der Waals surface area contributed by atoms with Gasteiger partial charge in [-0.15, -0.1) is 0 Å². The van der Waals surface area contributed by atoms with E-state index >= 15 is 0 Å². The van der Waals surface area contributed by atoms with Crippen molar-refractivity contribution in [2.75, 3.05) is 32.9 Å². The lowest BCUT2D eigenvalue weighted by Gasteiger charge is -2.18. The highest BCUT2D eigenvalue weighted by Crippen LogP contribution is 2.42. The van der Waals surface area contributed by atoms with Gasteiger partial charge in [0.15, 0.2) is 0 Å². The molecule has 0 heterocycles. The zero-order valence-electron chi connectivity index (χ0n) is 9.19. The van der Waals surface area contributed by atoms with Crippen LogP contribution in [0.2, 0.25) is 0 Å². The lowest BCUT2D eigenvalue weighted by atomic mass is 9.94. The van der Waals surface area contributed by atoms with Crippen molar-refractivity contribution in [3.8, 4) is 0 Å². The largest absolute Gasteiger partial charge is 0.394 e. The molecule has 86 valence electrons. The molecule has 2 aliphatic carbocycles. The minimum atomic E-state index is 0.122. The van der Waals surface area contributed by atoms with Gasteiger partial charge in [0.05, 0.1) is 19.8 Å². The Morgan fingerprint density at radius 1 is 1.27 bits per heavy atom. The fourth-order valence-electron chi connectivity index (χ4n) is 2.73. The third kappa shape index (κ3) is 3.03. The van der Waals surface area contributed by atoms with Crippen molar-refractivity contribution >= 4 is 0 Å². The first-order valence-corrected chi connectivity index (χ1v) is 5.98. The number of rotatable bonds is 7. The third-order valence-electron chi connectivity index (χ3n) is 3.48. The predicted octanol–water partition coefficient (Wildman–Crippen LogP) is 0.797. The summed E-state index contributed by atoms with van der Waals surface area (Å²) < 4.78 is 5.18. The molecule has 2 rings (SSSR count). The number of ether oxygens (including phenoxy) is 1. The molecule has 3 heteroatoms. The molecule has 1 saturated carbocycles. The third-order valence-corrected chi connectivity index (χ3v) is 3.48. The number of hydrogen-bond acceptors (Lipinski definition) is 3. The molecule has 0 unspecified atom stereocenters. The van der Waals surface area contributed by atoms with E-state index in [1.165, 1.54) is 12.8 Å². The number of nitrogens with one attached hydrogen (secondary N) is 1. The van der Waals surface area contributed by atoms with Crippen LogP contribution in [-0.4, -0.2) is 38.0 Å². The molecule has 0 aliphatic heterocycles. The normalized spacial score (nSPS) is 32.7. The van der Waals surface area contributed by atoms with Crippen molar-refractivity contribution in [2.24, 2.45) is 17.8 Å². The first-order chi connectivity index (χ1) is 7.40. The molecule has 0 spiro atoms. The molecule has 15 heavy (non-hydrogen) atoms. The first-order valence-electron chi connectivity index (χ1n) is 5.98. The molecular formula is C12H21NO2. The van der Waals surface area contributed by atoms with Crippen LogP contribution < -0.4 is 5.32 Å². The Hall–Kier alpha value is -0.380. The monoisotopic (exact) mass is 211 g/mol. The lowest BCUT2D eigenvalue weighted by Crippen LogP contribution is -2.28. The minimum Gasteiger partial charge on any atom is -0.394 e. The summed E-state index contributed by atoms with van der Waals surface area (Å²) in [5.74, 6) is 2.55. The molecule has 1 fully saturated rings. The van der Waals surface area contributed by atoms with E-state index in [9.17, 15) is 0 Å². The van der Waals surface area contributed by atoms with Gasteiger partial charge in [-0.1, -0.05) is 12.2 Å². The van der Waals surface area contributed by atoms with Gasteiger partial charge in [-0.2, -0.15) is 0 Å². The number of hydrogen-bond donors (Lipinski definition) is 2. The van der Waals surface area contributed by atoms with Gasteiger partial charge >= 0.3 is 0 Å². The van der Waals surface area contributed by atoms with E-state index in [4.69, 9.17) is 9.84 Å². The van der Waals surface area contributed by atoms with Crippen LogP contribution >= 0.6 is 0 Å². The molecule has 0 radical (unpaired) electrons.